The van der Waals surface area contributed by atoms with Crippen molar-refractivity contribution in [1.82, 2.24) is 9.97 Å². The van der Waals surface area contributed by atoms with Crippen LogP contribution in [0.25, 0.3) is 20.3 Å². The lowest BCUT2D eigenvalue weighted by Crippen LogP contribution is -1.94. The summed E-state index contributed by atoms with van der Waals surface area (Å²) in [5.74, 6) is 0.805. The Labute approximate surface area is 130 Å². The molecule has 0 aliphatic rings. The molecule has 0 fully saturated rings. The van der Waals surface area contributed by atoms with Crippen LogP contribution in [0.2, 0.25) is 5.02 Å². The second-order valence-electron chi connectivity index (χ2n) is 4.64. The standard InChI is InChI=1S/C16H10ClN3S/c17-10-4-3-5-11(8-10)20-15-14-12-6-1-2-7-13(12)21-16(14)19-9-18-15/h1-9H,(H,18,19,20). The highest BCUT2D eigenvalue weighted by molar-refractivity contribution is 7.25. The van der Waals surface area contributed by atoms with Crippen molar-refractivity contribution < 1.29 is 0 Å². The molecule has 0 aliphatic heterocycles. The molecule has 0 unspecified atom stereocenters. The van der Waals surface area contributed by atoms with Gasteiger partial charge in [0.1, 0.15) is 17.0 Å². The summed E-state index contributed by atoms with van der Waals surface area (Å²) in [6, 6.07) is 15.9. The van der Waals surface area contributed by atoms with Gasteiger partial charge in [-0.2, -0.15) is 0 Å². The maximum Gasteiger partial charge on any atom is 0.143 e. The molecule has 0 radical (unpaired) electrons. The quantitative estimate of drug-likeness (QED) is 0.550. The van der Waals surface area contributed by atoms with Gasteiger partial charge in [-0.3, -0.25) is 0 Å². The molecule has 2 aromatic carbocycles. The van der Waals surface area contributed by atoms with Crippen LogP contribution >= 0.6 is 22.9 Å². The summed E-state index contributed by atoms with van der Waals surface area (Å²) in [6.45, 7) is 0. The summed E-state index contributed by atoms with van der Waals surface area (Å²) in [5.41, 5.74) is 0.915. The van der Waals surface area contributed by atoms with E-state index < -0.39 is 0 Å². The summed E-state index contributed by atoms with van der Waals surface area (Å²) in [7, 11) is 0. The molecule has 4 rings (SSSR count). The molecule has 0 saturated carbocycles. The molecule has 1 N–H and O–H groups in total. The average molecular weight is 312 g/mol. The molecule has 5 heteroatoms. The normalized spacial score (nSPS) is 11.1. The first-order valence-electron chi connectivity index (χ1n) is 6.46. The Hall–Kier alpha value is -2.17. The number of nitrogens with one attached hydrogen (secondary N) is 1. The molecule has 0 saturated heterocycles. The van der Waals surface area contributed by atoms with Gasteiger partial charge in [0.25, 0.3) is 0 Å². The molecule has 102 valence electrons. The van der Waals surface area contributed by atoms with Crippen molar-refractivity contribution in [2.75, 3.05) is 5.32 Å². The lowest BCUT2D eigenvalue weighted by molar-refractivity contribution is 1.23. The molecule has 4 aromatic rings. The van der Waals surface area contributed by atoms with Crippen LogP contribution in [0.15, 0.2) is 54.9 Å². The van der Waals surface area contributed by atoms with E-state index in [2.05, 4.69) is 27.4 Å². The SMILES string of the molecule is Clc1cccc(Nc2ncnc3sc4ccccc4c23)c1. The van der Waals surface area contributed by atoms with Crippen LogP contribution in [0.3, 0.4) is 0 Å². The van der Waals surface area contributed by atoms with E-state index in [0.29, 0.717) is 5.02 Å². The highest BCUT2D eigenvalue weighted by atomic mass is 35.5. The fraction of sp³-hybridized carbons (Fsp3) is 0. The molecule has 0 bridgehead atoms. The molecule has 0 spiro atoms. The molecule has 0 amide bonds. The van der Waals surface area contributed by atoms with Crippen molar-refractivity contribution in [2.45, 2.75) is 0 Å². The summed E-state index contributed by atoms with van der Waals surface area (Å²) < 4.78 is 1.21. The van der Waals surface area contributed by atoms with Crippen LogP contribution in [0.5, 0.6) is 0 Å². The van der Waals surface area contributed by atoms with E-state index in [-0.39, 0.29) is 0 Å². The zero-order valence-electron chi connectivity index (χ0n) is 10.9. The van der Waals surface area contributed by atoms with Crippen LogP contribution in [0, 0.1) is 0 Å². The summed E-state index contributed by atoms with van der Waals surface area (Å²) in [4.78, 5) is 9.76. The van der Waals surface area contributed by atoms with Crippen molar-refractivity contribution in [1.29, 1.82) is 0 Å². The predicted molar refractivity (Wildman–Crippen MR) is 89.7 cm³/mol. The largest absolute Gasteiger partial charge is 0.340 e. The van der Waals surface area contributed by atoms with Gasteiger partial charge in [0.2, 0.25) is 0 Å². The van der Waals surface area contributed by atoms with Crippen molar-refractivity contribution in [3.63, 3.8) is 0 Å². The average Bonchev–Trinajstić information content (AvgIpc) is 2.87. The Balaban J connectivity index is 1.92. The van der Waals surface area contributed by atoms with Crippen LogP contribution in [0.1, 0.15) is 0 Å². The first-order chi connectivity index (χ1) is 10.3. The number of nitrogens with zero attached hydrogens (tertiary/aromatic N) is 2. The van der Waals surface area contributed by atoms with Gasteiger partial charge in [-0.15, -0.1) is 11.3 Å². The van der Waals surface area contributed by atoms with Crippen LogP contribution in [-0.2, 0) is 0 Å². The van der Waals surface area contributed by atoms with Gasteiger partial charge in [0.15, 0.2) is 0 Å². The van der Waals surface area contributed by atoms with Gasteiger partial charge < -0.3 is 5.32 Å². The minimum atomic E-state index is 0.695. The number of hydrogen-bond donors (Lipinski definition) is 1. The number of thiophene rings is 1. The van der Waals surface area contributed by atoms with Crippen molar-refractivity contribution in [2.24, 2.45) is 0 Å². The van der Waals surface area contributed by atoms with E-state index >= 15 is 0 Å². The Morgan fingerprint density at radius 3 is 2.81 bits per heavy atom. The Morgan fingerprint density at radius 1 is 1.00 bits per heavy atom. The smallest absolute Gasteiger partial charge is 0.143 e. The fourth-order valence-corrected chi connectivity index (χ4v) is 3.59. The molecular formula is C16H10ClN3S. The van der Waals surface area contributed by atoms with E-state index in [4.69, 9.17) is 11.6 Å². The van der Waals surface area contributed by atoms with E-state index in [9.17, 15) is 0 Å². The van der Waals surface area contributed by atoms with Crippen molar-refractivity contribution >= 4 is 54.7 Å². The van der Waals surface area contributed by atoms with Gasteiger partial charge in [-0.25, -0.2) is 9.97 Å². The van der Waals surface area contributed by atoms with Gasteiger partial charge >= 0.3 is 0 Å². The number of benzene rings is 2. The Bertz CT molecular complexity index is 948. The van der Waals surface area contributed by atoms with Gasteiger partial charge in [0.05, 0.1) is 5.39 Å². The minimum Gasteiger partial charge on any atom is -0.340 e. The Morgan fingerprint density at radius 2 is 1.90 bits per heavy atom. The third-order valence-corrected chi connectivity index (χ3v) is 4.58. The van der Waals surface area contributed by atoms with Crippen LogP contribution < -0.4 is 5.32 Å². The molecule has 21 heavy (non-hydrogen) atoms. The maximum absolute atomic E-state index is 6.03. The predicted octanol–water partition coefficient (Wildman–Crippen LogP) is 5.24. The van der Waals surface area contributed by atoms with Gasteiger partial charge in [-0.05, 0) is 24.3 Å². The fourth-order valence-electron chi connectivity index (χ4n) is 2.35. The second kappa shape index (κ2) is 4.98. The number of halogens is 1. The van der Waals surface area contributed by atoms with Crippen LogP contribution in [-0.4, -0.2) is 9.97 Å². The molecule has 2 heterocycles. The van der Waals surface area contributed by atoms with E-state index in [1.54, 1.807) is 17.7 Å². The third-order valence-electron chi connectivity index (χ3n) is 3.26. The monoisotopic (exact) mass is 311 g/mol. The number of hydrogen-bond acceptors (Lipinski definition) is 4. The van der Waals surface area contributed by atoms with Crippen molar-refractivity contribution in [3.8, 4) is 0 Å². The van der Waals surface area contributed by atoms with E-state index in [1.807, 2.05) is 36.4 Å². The minimum absolute atomic E-state index is 0.695. The maximum atomic E-state index is 6.03. The highest BCUT2D eigenvalue weighted by Crippen LogP contribution is 2.36. The number of aromatic nitrogens is 2. The Kier molecular flexibility index (Phi) is 2.98. The summed E-state index contributed by atoms with van der Waals surface area (Å²) >= 11 is 7.70. The zero-order valence-corrected chi connectivity index (χ0v) is 12.4. The van der Waals surface area contributed by atoms with E-state index in [0.717, 1.165) is 21.7 Å². The number of rotatable bonds is 2. The first-order valence-corrected chi connectivity index (χ1v) is 7.65. The van der Waals surface area contributed by atoms with E-state index in [1.165, 1.54) is 10.1 Å². The highest BCUT2D eigenvalue weighted by Gasteiger charge is 2.11. The first kappa shape index (κ1) is 12.6. The summed E-state index contributed by atoms with van der Waals surface area (Å²) in [6.07, 6.45) is 1.59. The zero-order chi connectivity index (χ0) is 14.2. The molecular weight excluding hydrogens is 302 g/mol. The molecule has 0 aliphatic carbocycles. The summed E-state index contributed by atoms with van der Waals surface area (Å²) in [5, 5.41) is 6.25. The number of fused-ring (bicyclic) bond motifs is 3. The second-order valence-corrected chi connectivity index (χ2v) is 6.10. The molecule has 0 atom stereocenters. The van der Waals surface area contributed by atoms with Gasteiger partial charge in [-0.1, -0.05) is 35.9 Å². The topological polar surface area (TPSA) is 37.8 Å². The van der Waals surface area contributed by atoms with Crippen LogP contribution in [0.4, 0.5) is 11.5 Å². The third kappa shape index (κ3) is 2.22. The number of anilines is 2. The lowest BCUT2D eigenvalue weighted by atomic mass is 10.2. The molecule has 2 aromatic heterocycles. The lowest BCUT2D eigenvalue weighted by Gasteiger charge is -2.07. The van der Waals surface area contributed by atoms with Gasteiger partial charge in [0, 0.05) is 20.8 Å². The molecule has 3 nitrogen and oxygen atoms in total. The van der Waals surface area contributed by atoms with Crippen molar-refractivity contribution in [3.05, 3.63) is 59.9 Å².